The van der Waals surface area contributed by atoms with Gasteiger partial charge in [-0.05, 0) is 48.0 Å². The van der Waals surface area contributed by atoms with Gasteiger partial charge in [-0.25, -0.2) is 15.0 Å². The molecule has 12 rings (SSSR count). The van der Waals surface area contributed by atoms with Gasteiger partial charge in [0.15, 0.2) is 17.5 Å². The van der Waals surface area contributed by atoms with Gasteiger partial charge in [-0.15, -0.1) is 11.3 Å². The summed E-state index contributed by atoms with van der Waals surface area (Å²) in [7, 11) is 0. The minimum atomic E-state index is 0.589. The van der Waals surface area contributed by atoms with Crippen LogP contribution in [-0.4, -0.2) is 19.5 Å². The van der Waals surface area contributed by atoms with Gasteiger partial charge in [-0.2, -0.15) is 0 Å². The molecule has 266 valence electrons. The SMILES string of the molecule is c1ccc(-c2nc(-c3ccccc3)nc(-c3cccc4oc5c(-c6ccccc6)cc(-n6c7ccccc7c7c8c(ccc76)sc6ccccc68)cc5c34)n2)cc1. The normalized spacial score (nSPS) is 11.9. The van der Waals surface area contributed by atoms with E-state index in [0.717, 1.165) is 66.5 Å². The van der Waals surface area contributed by atoms with Gasteiger partial charge in [0, 0.05) is 69.7 Å². The van der Waals surface area contributed by atoms with Crippen LogP contribution in [0.3, 0.4) is 0 Å². The molecule has 4 aromatic heterocycles. The molecule has 0 saturated heterocycles. The fourth-order valence-corrected chi connectivity index (χ4v) is 9.66. The van der Waals surface area contributed by atoms with Crippen LogP contribution >= 0.6 is 11.3 Å². The highest BCUT2D eigenvalue weighted by Crippen LogP contribution is 2.46. The summed E-state index contributed by atoms with van der Waals surface area (Å²) in [6, 6.07) is 63.6. The average Bonchev–Trinajstić information content (AvgIpc) is 3.96. The monoisotopic (exact) mass is 746 g/mol. The molecule has 12 aromatic rings. The highest BCUT2D eigenvalue weighted by molar-refractivity contribution is 7.26. The number of fused-ring (bicyclic) bond motifs is 10. The number of benzene rings is 8. The maximum absolute atomic E-state index is 6.89. The van der Waals surface area contributed by atoms with E-state index in [-0.39, 0.29) is 0 Å². The van der Waals surface area contributed by atoms with Crippen molar-refractivity contribution in [3.63, 3.8) is 0 Å². The summed E-state index contributed by atoms with van der Waals surface area (Å²) in [5, 5.41) is 7.05. The molecular weight excluding hydrogens is 717 g/mol. The minimum Gasteiger partial charge on any atom is -0.455 e. The highest BCUT2D eigenvalue weighted by atomic mass is 32.1. The van der Waals surface area contributed by atoms with Gasteiger partial charge in [-0.3, -0.25) is 0 Å². The molecule has 0 aliphatic heterocycles. The van der Waals surface area contributed by atoms with Gasteiger partial charge in [0.25, 0.3) is 0 Å². The molecule has 0 saturated carbocycles. The Morgan fingerprint density at radius 2 is 1.04 bits per heavy atom. The van der Waals surface area contributed by atoms with Gasteiger partial charge >= 0.3 is 0 Å². The fraction of sp³-hybridized carbons (Fsp3) is 0. The number of rotatable bonds is 5. The van der Waals surface area contributed by atoms with Gasteiger partial charge in [-0.1, -0.05) is 140 Å². The Morgan fingerprint density at radius 1 is 0.404 bits per heavy atom. The van der Waals surface area contributed by atoms with E-state index in [2.05, 4.69) is 114 Å². The van der Waals surface area contributed by atoms with Crippen LogP contribution in [0.2, 0.25) is 0 Å². The van der Waals surface area contributed by atoms with Gasteiger partial charge in [0.2, 0.25) is 0 Å². The molecule has 0 bridgehead atoms. The Hall–Kier alpha value is -7.41. The van der Waals surface area contributed by atoms with Gasteiger partial charge < -0.3 is 8.98 Å². The lowest BCUT2D eigenvalue weighted by Crippen LogP contribution is -2.00. The first-order chi connectivity index (χ1) is 28.3. The Morgan fingerprint density at radius 3 is 1.77 bits per heavy atom. The number of aromatic nitrogens is 4. The van der Waals surface area contributed by atoms with Crippen LogP contribution in [0.1, 0.15) is 0 Å². The van der Waals surface area contributed by atoms with Gasteiger partial charge in [0.1, 0.15) is 11.2 Å². The molecular formula is C51H30N4OS. The molecule has 0 N–H and O–H groups in total. The third-order valence-electron chi connectivity index (χ3n) is 11.0. The molecule has 8 aromatic carbocycles. The molecule has 0 amide bonds. The summed E-state index contributed by atoms with van der Waals surface area (Å²) in [6.45, 7) is 0. The van der Waals surface area contributed by atoms with Crippen molar-refractivity contribution in [1.29, 1.82) is 0 Å². The molecule has 0 atom stereocenters. The summed E-state index contributed by atoms with van der Waals surface area (Å²) in [6.07, 6.45) is 0. The summed E-state index contributed by atoms with van der Waals surface area (Å²) < 4.78 is 11.9. The standard InChI is InChI=1S/C51H30N4OS/c1-4-15-31(16-5-1)38-29-34(55-40-24-12-10-21-35(40)46-41(55)27-28-44-47(46)36-22-11-13-26-43(36)57-44)30-39-45-37(23-14-25-42(45)56-48(38)39)51-53-49(32-17-6-2-7-18-32)52-50(54-51)33-19-8-3-9-20-33/h1-30H. The van der Waals surface area contributed by atoms with Crippen LogP contribution in [0.4, 0.5) is 0 Å². The predicted molar refractivity (Wildman–Crippen MR) is 236 cm³/mol. The first-order valence-electron chi connectivity index (χ1n) is 19.0. The zero-order chi connectivity index (χ0) is 37.5. The second-order valence-corrected chi connectivity index (χ2v) is 15.4. The van der Waals surface area contributed by atoms with Crippen LogP contribution in [0.15, 0.2) is 186 Å². The molecule has 0 fully saturated rings. The summed E-state index contributed by atoms with van der Waals surface area (Å²) in [5.41, 5.74) is 9.79. The Balaban J connectivity index is 1.18. The molecule has 0 aliphatic carbocycles. The first-order valence-corrected chi connectivity index (χ1v) is 19.8. The van der Waals surface area contributed by atoms with Crippen molar-refractivity contribution >= 4 is 75.3 Å². The molecule has 0 spiro atoms. The summed E-state index contributed by atoms with van der Waals surface area (Å²) in [4.78, 5) is 15.3. The number of nitrogens with zero attached hydrogens (tertiary/aromatic N) is 4. The summed E-state index contributed by atoms with van der Waals surface area (Å²) >= 11 is 1.85. The largest absolute Gasteiger partial charge is 0.455 e. The molecule has 0 radical (unpaired) electrons. The number of hydrogen-bond donors (Lipinski definition) is 0. The third-order valence-corrected chi connectivity index (χ3v) is 12.2. The number of thiophene rings is 1. The van der Waals surface area contributed by atoms with E-state index in [1.54, 1.807) is 0 Å². The van der Waals surface area contributed by atoms with E-state index < -0.39 is 0 Å². The first kappa shape index (κ1) is 31.9. The van der Waals surface area contributed by atoms with Crippen LogP contribution in [-0.2, 0) is 0 Å². The minimum absolute atomic E-state index is 0.589. The molecule has 0 aliphatic rings. The van der Waals surface area contributed by atoms with Crippen LogP contribution in [0.5, 0.6) is 0 Å². The molecule has 0 unspecified atom stereocenters. The van der Waals surface area contributed by atoms with Gasteiger partial charge in [0.05, 0.1) is 11.0 Å². The van der Waals surface area contributed by atoms with Crippen LogP contribution in [0.25, 0.3) is 115 Å². The topological polar surface area (TPSA) is 56.7 Å². The van der Waals surface area contributed by atoms with E-state index in [0.29, 0.717) is 17.5 Å². The summed E-state index contributed by atoms with van der Waals surface area (Å²) in [5.74, 6) is 1.83. The van der Waals surface area contributed by atoms with Crippen LogP contribution < -0.4 is 0 Å². The lowest BCUT2D eigenvalue weighted by atomic mass is 9.99. The Kier molecular flexibility index (Phi) is 7.03. The van der Waals surface area contributed by atoms with Crippen molar-refractivity contribution in [2.75, 3.05) is 0 Å². The smallest absolute Gasteiger partial charge is 0.164 e. The third kappa shape index (κ3) is 4.98. The second-order valence-electron chi connectivity index (χ2n) is 14.3. The average molecular weight is 747 g/mol. The quantitative estimate of drug-likeness (QED) is 0.176. The Labute approximate surface area is 330 Å². The maximum Gasteiger partial charge on any atom is 0.164 e. The molecule has 57 heavy (non-hydrogen) atoms. The highest BCUT2D eigenvalue weighted by Gasteiger charge is 2.23. The number of para-hydroxylation sites is 1. The van der Waals surface area contributed by atoms with E-state index in [4.69, 9.17) is 19.4 Å². The van der Waals surface area contributed by atoms with Crippen molar-refractivity contribution in [1.82, 2.24) is 19.5 Å². The van der Waals surface area contributed by atoms with Crippen molar-refractivity contribution in [2.24, 2.45) is 0 Å². The fourth-order valence-electron chi connectivity index (χ4n) is 8.54. The van der Waals surface area contributed by atoms with E-state index >= 15 is 0 Å². The van der Waals surface area contributed by atoms with Crippen molar-refractivity contribution in [3.05, 3.63) is 182 Å². The van der Waals surface area contributed by atoms with Crippen molar-refractivity contribution < 1.29 is 4.42 Å². The zero-order valence-corrected chi connectivity index (χ0v) is 31.2. The maximum atomic E-state index is 6.89. The van der Waals surface area contributed by atoms with Crippen LogP contribution in [0, 0.1) is 0 Å². The van der Waals surface area contributed by atoms with E-state index in [1.807, 2.05) is 84.1 Å². The second kappa shape index (κ2) is 12.6. The molecule has 6 heteroatoms. The molecule has 4 heterocycles. The lowest BCUT2D eigenvalue weighted by Gasteiger charge is -2.12. The number of furan rings is 1. The van der Waals surface area contributed by atoms with Crippen molar-refractivity contribution in [2.45, 2.75) is 0 Å². The molecule has 5 nitrogen and oxygen atoms in total. The number of hydrogen-bond acceptors (Lipinski definition) is 5. The Bertz CT molecular complexity index is 3460. The zero-order valence-electron chi connectivity index (χ0n) is 30.4. The lowest BCUT2D eigenvalue weighted by molar-refractivity contribution is 0.670. The van der Waals surface area contributed by atoms with Crippen molar-refractivity contribution in [3.8, 4) is 51.0 Å². The van der Waals surface area contributed by atoms with E-state index in [1.165, 1.54) is 30.9 Å². The van der Waals surface area contributed by atoms with E-state index in [9.17, 15) is 0 Å². The predicted octanol–water partition coefficient (Wildman–Crippen LogP) is 13.9.